The van der Waals surface area contributed by atoms with Gasteiger partial charge in [0, 0.05) is 20.6 Å². The van der Waals surface area contributed by atoms with Crippen LogP contribution in [-0.2, 0) is 9.53 Å². The zero-order valence-electron chi connectivity index (χ0n) is 7.62. The minimum absolute atomic E-state index is 0.198. The van der Waals surface area contributed by atoms with Crippen molar-refractivity contribution in [2.45, 2.75) is 19.4 Å². The van der Waals surface area contributed by atoms with Gasteiger partial charge in [-0.25, -0.2) is 0 Å². The average Bonchev–Trinajstić information content (AvgIpc) is 2.69. The van der Waals surface area contributed by atoms with Crippen LogP contribution in [0.25, 0.3) is 0 Å². The number of fused-ring (bicyclic) bond motifs is 1. The molecule has 68 valence electrons. The Balaban J connectivity index is 2.01. The van der Waals surface area contributed by atoms with Crippen LogP contribution in [0.3, 0.4) is 0 Å². The van der Waals surface area contributed by atoms with E-state index in [1.54, 1.807) is 14.0 Å². The van der Waals surface area contributed by atoms with Gasteiger partial charge in [-0.3, -0.25) is 4.79 Å². The molecule has 2 fully saturated rings. The summed E-state index contributed by atoms with van der Waals surface area (Å²) in [7, 11) is 1.70. The van der Waals surface area contributed by atoms with Crippen molar-refractivity contribution in [3.05, 3.63) is 0 Å². The summed E-state index contributed by atoms with van der Waals surface area (Å²) >= 11 is 0. The monoisotopic (exact) mass is 169 g/mol. The molecular formula is C9H15NO2. The van der Waals surface area contributed by atoms with E-state index in [0.717, 1.165) is 18.4 Å². The number of rotatable bonds is 2. The number of piperidine rings is 1. The molecule has 0 aromatic carbocycles. The third-order valence-corrected chi connectivity index (χ3v) is 3.04. The van der Waals surface area contributed by atoms with Crippen LogP contribution in [-0.4, -0.2) is 37.1 Å². The SMILES string of the molecule is COCC1C2CC2CN1C(C)=O. The zero-order chi connectivity index (χ0) is 8.72. The molecule has 1 heterocycles. The maximum atomic E-state index is 11.2. The van der Waals surface area contributed by atoms with Gasteiger partial charge in [-0.15, -0.1) is 0 Å². The topological polar surface area (TPSA) is 29.5 Å². The van der Waals surface area contributed by atoms with Gasteiger partial charge in [-0.1, -0.05) is 0 Å². The molecule has 12 heavy (non-hydrogen) atoms. The van der Waals surface area contributed by atoms with Gasteiger partial charge in [0.05, 0.1) is 12.6 Å². The molecule has 3 unspecified atom stereocenters. The van der Waals surface area contributed by atoms with Crippen molar-refractivity contribution in [1.29, 1.82) is 0 Å². The molecule has 1 saturated carbocycles. The molecule has 0 radical (unpaired) electrons. The lowest BCUT2D eigenvalue weighted by Crippen LogP contribution is -2.39. The number of nitrogens with zero attached hydrogens (tertiary/aromatic N) is 1. The van der Waals surface area contributed by atoms with Crippen LogP contribution in [0.1, 0.15) is 13.3 Å². The number of methoxy groups -OCH3 is 1. The first kappa shape index (κ1) is 8.05. The van der Waals surface area contributed by atoms with Gasteiger partial charge < -0.3 is 9.64 Å². The first-order chi connectivity index (χ1) is 5.74. The Morgan fingerprint density at radius 1 is 1.67 bits per heavy atom. The number of ether oxygens (including phenoxy) is 1. The van der Waals surface area contributed by atoms with Crippen molar-refractivity contribution in [3.8, 4) is 0 Å². The molecule has 1 amide bonds. The molecule has 3 nitrogen and oxygen atoms in total. The summed E-state index contributed by atoms with van der Waals surface area (Å²) in [6.07, 6.45) is 1.30. The second-order valence-corrected chi connectivity index (χ2v) is 3.85. The van der Waals surface area contributed by atoms with Gasteiger partial charge in [0.15, 0.2) is 0 Å². The van der Waals surface area contributed by atoms with E-state index < -0.39 is 0 Å². The van der Waals surface area contributed by atoms with Crippen LogP contribution in [0.15, 0.2) is 0 Å². The number of hydrogen-bond acceptors (Lipinski definition) is 2. The summed E-state index contributed by atoms with van der Waals surface area (Å²) in [6, 6.07) is 0.373. The molecule has 0 aromatic heterocycles. The summed E-state index contributed by atoms with van der Waals surface area (Å²) in [4.78, 5) is 13.1. The maximum Gasteiger partial charge on any atom is 0.219 e. The number of amides is 1. The lowest BCUT2D eigenvalue weighted by molar-refractivity contribution is -0.131. The van der Waals surface area contributed by atoms with Gasteiger partial charge in [-0.2, -0.15) is 0 Å². The van der Waals surface area contributed by atoms with E-state index in [4.69, 9.17) is 4.74 Å². The van der Waals surface area contributed by atoms with E-state index in [0.29, 0.717) is 12.6 Å². The zero-order valence-corrected chi connectivity index (χ0v) is 7.62. The predicted octanol–water partition coefficient (Wildman–Crippen LogP) is 0.500. The van der Waals surface area contributed by atoms with E-state index in [2.05, 4.69) is 0 Å². The van der Waals surface area contributed by atoms with Gasteiger partial charge >= 0.3 is 0 Å². The summed E-state index contributed by atoms with van der Waals surface area (Å²) in [5.41, 5.74) is 0. The average molecular weight is 169 g/mol. The lowest BCUT2D eigenvalue weighted by atomic mass is 10.2. The Kier molecular flexibility index (Phi) is 1.83. The molecule has 0 bridgehead atoms. The van der Waals surface area contributed by atoms with Crippen LogP contribution < -0.4 is 0 Å². The second-order valence-electron chi connectivity index (χ2n) is 3.85. The fourth-order valence-electron chi connectivity index (χ4n) is 2.32. The van der Waals surface area contributed by atoms with E-state index in [-0.39, 0.29) is 5.91 Å². The minimum Gasteiger partial charge on any atom is -0.383 e. The molecule has 1 aliphatic heterocycles. The molecule has 1 aliphatic carbocycles. The first-order valence-corrected chi connectivity index (χ1v) is 4.50. The summed E-state index contributed by atoms with van der Waals surface area (Å²) in [5, 5.41) is 0. The van der Waals surface area contributed by atoms with Gasteiger partial charge in [-0.05, 0) is 18.3 Å². The molecule has 3 heteroatoms. The fourth-order valence-corrected chi connectivity index (χ4v) is 2.32. The van der Waals surface area contributed by atoms with Crippen LogP contribution in [0, 0.1) is 11.8 Å². The van der Waals surface area contributed by atoms with Crippen molar-refractivity contribution in [2.75, 3.05) is 20.3 Å². The molecule has 1 saturated heterocycles. The summed E-state index contributed by atoms with van der Waals surface area (Å²) in [5.74, 6) is 1.73. The van der Waals surface area contributed by atoms with Crippen LogP contribution >= 0.6 is 0 Å². The molecule has 0 N–H and O–H groups in total. The molecule has 2 aliphatic rings. The standard InChI is InChI=1S/C9H15NO2/c1-6(11)10-4-7-3-8(7)9(10)5-12-2/h7-9H,3-5H2,1-2H3. The third kappa shape index (κ3) is 1.12. The highest BCUT2D eigenvalue weighted by molar-refractivity contribution is 5.74. The smallest absolute Gasteiger partial charge is 0.219 e. The van der Waals surface area contributed by atoms with Crippen LogP contribution in [0.4, 0.5) is 0 Å². The largest absolute Gasteiger partial charge is 0.383 e. The summed E-state index contributed by atoms with van der Waals surface area (Å²) in [6.45, 7) is 3.32. The Bertz CT molecular complexity index is 205. The van der Waals surface area contributed by atoms with E-state index >= 15 is 0 Å². The highest BCUT2D eigenvalue weighted by Crippen LogP contribution is 2.49. The van der Waals surface area contributed by atoms with E-state index in [1.807, 2.05) is 4.90 Å². The van der Waals surface area contributed by atoms with E-state index in [9.17, 15) is 4.79 Å². The number of hydrogen-bond donors (Lipinski definition) is 0. The van der Waals surface area contributed by atoms with Gasteiger partial charge in [0.25, 0.3) is 0 Å². The minimum atomic E-state index is 0.198. The third-order valence-electron chi connectivity index (χ3n) is 3.04. The Hall–Kier alpha value is -0.570. The van der Waals surface area contributed by atoms with Crippen LogP contribution in [0.2, 0.25) is 0 Å². The lowest BCUT2D eigenvalue weighted by Gasteiger charge is -2.25. The highest BCUT2D eigenvalue weighted by atomic mass is 16.5. The Morgan fingerprint density at radius 2 is 2.42 bits per heavy atom. The van der Waals surface area contributed by atoms with Crippen molar-refractivity contribution >= 4 is 5.91 Å². The Morgan fingerprint density at radius 3 is 3.00 bits per heavy atom. The van der Waals surface area contributed by atoms with E-state index in [1.165, 1.54) is 6.42 Å². The maximum absolute atomic E-state index is 11.2. The molecule has 0 spiro atoms. The molecule has 2 rings (SSSR count). The highest BCUT2D eigenvalue weighted by Gasteiger charge is 2.53. The fraction of sp³-hybridized carbons (Fsp3) is 0.889. The number of carbonyl (C=O) groups is 1. The van der Waals surface area contributed by atoms with Crippen LogP contribution in [0.5, 0.6) is 0 Å². The quantitative estimate of drug-likeness (QED) is 0.602. The predicted molar refractivity (Wildman–Crippen MR) is 44.6 cm³/mol. The van der Waals surface area contributed by atoms with Crippen molar-refractivity contribution in [3.63, 3.8) is 0 Å². The van der Waals surface area contributed by atoms with Crippen molar-refractivity contribution in [1.82, 2.24) is 4.90 Å². The van der Waals surface area contributed by atoms with Crippen molar-refractivity contribution in [2.24, 2.45) is 11.8 Å². The molecule has 0 aromatic rings. The second kappa shape index (κ2) is 2.73. The van der Waals surface area contributed by atoms with Crippen molar-refractivity contribution < 1.29 is 9.53 Å². The molecular weight excluding hydrogens is 154 g/mol. The Labute approximate surface area is 72.7 Å². The molecule has 3 atom stereocenters. The van der Waals surface area contributed by atoms with Gasteiger partial charge in [0.2, 0.25) is 5.91 Å². The van der Waals surface area contributed by atoms with Gasteiger partial charge in [0.1, 0.15) is 0 Å². The summed E-state index contributed by atoms with van der Waals surface area (Å²) < 4.78 is 5.11. The normalized spacial score (nSPS) is 38.2. The number of likely N-dealkylation sites (tertiary alicyclic amines) is 1. The number of carbonyl (C=O) groups excluding carboxylic acids is 1. The first-order valence-electron chi connectivity index (χ1n) is 4.50.